The van der Waals surface area contributed by atoms with Gasteiger partial charge in [-0.25, -0.2) is 0 Å². The molecule has 1 aliphatic heterocycles. The average Bonchev–Trinajstić information content (AvgIpc) is 2.71. The molecule has 2 aromatic carbocycles. The number of hydrogen-bond donors (Lipinski definition) is 2. The fourth-order valence-corrected chi connectivity index (χ4v) is 3.12. The monoisotopic (exact) mass is 355 g/mol. The van der Waals surface area contributed by atoms with Crippen LogP contribution in [0, 0.1) is 0 Å². The summed E-state index contributed by atoms with van der Waals surface area (Å²) in [5.74, 6) is 0.649. The average molecular weight is 355 g/mol. The molecule has 0 radical (unpaired) electrons. The van der Waals surface area contributed by atoms with Gasteiger partial charge in [0.15, 0.2) is 6.61 Å². The molecule has 1 saturated heterocycles. The van der Waals surface area contributed by atoms with Crippen LogP contribution < -0.4 is 15.0 Å². The van der Waals surface area contributed by atoms with Crippen LogP contribution in [0.25, 0.3) is 11.1 Å². The van der Waals surface area contributed by atoms with E-state index in [1.54, 1.807) is 4.90 Å². The molecule has 3 rings (SSSR count). The predicted molar refractivity (Wildman–Crippen MR) is 101 cm³/mol. The lowest BCUT2D eigenvalue weighted by molar-refractivity contribution is -0.908. The molecule has 1 amide bonds. The Bertz CT molecular complexity index is 685. The summed E-state index contributed by atoms with van der Waals surface area (Å²) in [6.07, 6.45) is 0.974. The van der Waals surface area contributed by atoms with Crippen LogP contribution in [0.15, 0.2) is 54.6 Å². The first kappa shape index (κ1) is 18.4. The van der Waals surface area contributed by atoms with Crippen molar-refractivity contribution >= 4 is 5.91 Å². The zero-order valence-electron chi connectivity index (χ0n) is 15.1. The molecule has 138 valence electrons. The number of benzene rings is 2. The maximum absolute atomic E-state index is 12.1. The van der Waals surface area contributed by atoms with Gasteiger partial charge in [-0.2, -0.15) is 0 Å². The lowest BCUT2D eigenvalue weighted by Gasteiger charge is -2.23. The van der Waals surface area contributed by atoms with Crippen molar-refractivity contribution in [2.45, 2.75) is 6.42 Å². The first-order valence-electron chi connectivity index (χ1n) is 9.28. The van der Waals surface area contributed by atoms with Crippen LogP contribution in [-0.4, -0.2) is 51.9 Å². The largest absolute Gasteiger partial charge is 0.483 e. The Labute approximate surface area is 154 Å². The normalized spacial score (nSPS) is 14.8. The van der Waals surface area contributed by atoms with E-state index in [1.165, 1.54) is 0 Å². The lowest BCUT2D eigenvalue weighted by atomic mass is 10.1. The number of carbonyl (C=O) groups is 1. The number of para-hydroxylation sites is 1. The zero-order valence-corrected chi connectivity index (χ0v) is 15.1. The van der Waals surface area contributed by atoms with Gasteiger partial charge in [-0.05, 0) is 11.6 Å². The summed E-state index contributed by atoms with van der Waals surface area (Å²) in [5, 5.41) is 2.94. The maximum Gasteiger partial charge on any atom is 0.257 e. The van der Waals surface area contributed by atoms with Crippen LogP contribution in [0.1, 0.15) is 6.42 Å². The third-order valence-corrected chi connectivity index (χ3v) is 4.56. The van der Waals surface area contributed by atoms with Crippen LogP contribution in [-0.2, 0) is 9.53 Å². The second kappa shape index (κ2) is 9.94. The van der Waals surface area contributed by atoms with E-state index in [2.05, 4.69) is 5.32 Å². The van der Waals surface area contributed by atoms with E-state index in [0.717, 1.165) is 56.1 Å². The molecule has 1 fully saturated rings. The Morgan fingerprint density at radius 1 is 1.04 bits per heavy atom. The predicted octanol–water partition coefficient (Wildman–Crippen LogP) is 1.15. The third kappa shape index (κ3) is 5.58. The summed E-state index contributed by atoms with van der Waals surface area (Å²) in [6.45, 7) is 5.61. The molecule has 1 heterocycles. The van der Waals surface area contributed by atoms with Crippen molar-refractivity contribution in [2.75, 3.05) is 46.0 Å². The van der Waals surface area contributed by atoms with Crippen LogP contribution in [0.2, 0.25) is 0 Å². The molecule has 26 heavy (non-hydrogen) atoms. The smallest absolute Gasteiger partial charge is 0.257 e. The number of amides is 1. The molecule has 5 nitrogen and oxygen atoms in total. The van der Waals surface area contributed by atoms with Gasteiger partial charge in [0, 0.05) is 18.5 Å². The fraction of sp³-hybridized carbons (Fsp3) is 0.381. The highest BCUT2D eigenvalue weighted by Crippen LogP contribution is 2.29. The van der Waals surface area contributed by atoms with Gasteiger partial charge in [0.2, 0.25) is 0 Å². The molecule has 5 heteroatoms. The Kier molecular flexibility index (Phi) is 7.05. The van der Waals surface area contributed by atoms with E-state index in [-0.39, 0.29) is 12.5 Å². The van der Waals surface area contributed by atoms with Gasteiger partial charge >= 0.3 is 0 Å². The summed E-state index contributed by atoms with van der Waals surface area (Å²) in [5.41, 5.74) is 2.08. The molecule has 2 aromatic rings. The van der Waals surface area contributed by atoms with E-state index >= 15 is 0 Å². The summed E-state index contributed by atoms with van der Waals surface area (Å²) in [7, 11) is 0. The van der Waals surface area contributed by atoms with Crippen molar-refractivity contribution in [2.24, 2.45) is 0 Å². The SMILES string of the molecule is O=C(COc1ccccc1-c1ccccc1)NCCC[NH+]1CCOCC1. The van der Waals surface area contributed by atoms with Crippen molar-refractivity contribution in [1.29, 1.82) is 0 Å². The first-order chi connectivity index (χ1) is 12.8. The van der Waals surface area contributed by atoms with Crippen LogP contribution >= 0.6 is 0 Å². The van der Waals surface area contributed by atoms with Gasteiger partial charge in [0.25, 0.3) is 5.91 Å². The Morgan fingerprint density at radius 2 is 1.77 bits per heavy atom. The summed E-state index contributed by atoms with van der Waals surface area (Å²) >= 11 is 0. The lowest BCUT2D eigenvalue weighted by Crippen LogP contribution is -3.14. The van der Waals surface area contributed by atoms with Gasteiger partial charge in [-0.3, -0.25) is 4.79 Å². The van der Waals surface area contributed by atoms with Gasteiger partial charge in [-0.15, -0.1) is 0 Å². The van der Waals surface area contributed by atoms with Crippen molar-refractivity contribution in [3.8, 4) is 16.9 Å². The Morgan fingerprint density at radius 3 is 2.58 bits per heavy atom. The molecule has 0 unspecified atom stereocenters. The van der Waals surface area contributed by atoms with Gasteiger partial charge in [0.05, 0.1) is 19.8 Å². The minimum Gasteiger partial charge on any atom is -0.483 e. The highest BCUT2D eigenvalue weighted by Gasteiger charge is 2.13. The second-order valence-electron chi connectivity index (χ2n) is 6.47. The Hall–Kier alpha value is -2.37. The minimum absolute atomic E-state index is 0.0360. The molecule has 0 bridgehead atoms. The first-order valence-corrected chi connectivity index (χ1v) is 9.28. The Balaban J connectivity index is 1.42. The molecule has 0 saturated carbocycles. The number of rotatable bonds is 8. The number of nitrogens with one attached hydrogen (secondary N) is 2. The van der Waals surface area contributed by atoms with Crippen LogP contribution in [0.4, 0.5) is 0 Å². The standard InChI is InChI=1S/C21H26N2O3/c24-21(22-11-6-12-23-13-15-25-16-14-23)17-26-20-10-5-4-9-19(20)18-7-2-1-3-8-18/h1-5,7-10H,6,11-17H2,(H,22,24)/p+1. The van der Waals surface area contributed by atoms with Crippen molar-refractivity contribution in [3.63, 3.8) is 0 Å². The quantitative estimate of drug-likeness (QED) is 0.699. The van der Waals surface area contributed by atoms with Gasteiger partial charge < -0.3 is 19.7 Å². The number of quaternary nitrogens is 1. The highest BCUT2D eigenvalue weighted by molar-refractivity contribution is 5.78. The van der Waals surface area contributed by atoms with E-state index < -0.39 is 0 Å². The minimum atomic E-state index is -0.0788. The molecule has 2 N–H and O–H groups in total. The molecule has 0 aliphatic carbocycles. The molecular weight excluding hydrogens is 328 g/mol. The van der Waals surface area contributed by atoms with Crippen molar-refractivity contribution in [3.05, 3.63) is 54.6 Å². The number of carbonyl (C=O) groups excluding carboxylic acids is 1. The second-order valence-corrected chi connectivity index (χ2v) is 6.47. The third-order valence-electron chi connectivity index (χ3n) is 4.56. The molecule has 0 spiro atoms. The van der Waals surface area contributed by atoms with E-state index in [4.69, 9.17) is 9.47 Å². The molecule has 0 aromatic heterocycles. The van der Waals surface area contributed by atoms with Crippen LogP contribution in [0.3, 0.4) is 0 Å². The van der Waals surface area contributed by atoms with Crippen LogP contribution in [0.5, 0.6) is 5.75 Å². The maximum atomic E-state index is 12.1. The summed E-state index contributed by atoms with van der Waals surface area (Å²) < 4.78 is 11.1. The molecular formula is C21H27N2O3+. The summed E-state index contributed by atoms with van der Waals surface area (Å²) in [4.78, 5) is 13.6. The van der Waals surface area contributed by atoms with E-state index in [1.807, 2.05) is 54.6 Å². The van der Waals surface area contributed by atoms with E-state index in [9.17, 15) is 4.79 Å². The van der Waals surface area contributed by atoms with Crippen molar-refractivity contribution < 1.29 is 19.2 Å². The molecule has 1 aliphatic rings. The highest BCUT2D eigenvalue weighted by atomic mass is 16.5. The van der Waals surface area contributed by atoms with Gasteiger partial charge in [0.1, 0.15) is 18.8 Å². The topological polar surface area (TPSA) is 52.0 Å². The number of morpholine rings is 1. The fourth-order valence-electron chi connectivity index (χ4n) is 3.12. The zero-order chi connectivity index (χ0) is 18.0. The van der Waals surface area contributed by atoms with Gasteiger partial charge in [-0.1, -0.05) is 48.5 Å². The van der Waals surface area contributed by atoms with Crippen molar-refractivity contribution in [1.82, 2.24) is 5.32 Å². The van der Waals surface area contributed by atoms with E-state index in [0.29, 0.717) is 6.54 Å². The summed E-state index contributed by atoms with van der Waals surface area (Å²) in [6, 6.07) is 17.9. The molecule has 0 atom stereocenters. The number of ether oxygens (including phenoxy) is 2. The number of hydrogen-bond acceptors (Lipinski definition) is 3.